The van der Waals surface area contributed by atoms with E-state index in [0.29, 0.717) is 0 Å². The van der Waals surface area contributed by atoms with Gasteiger partial charge < -0.3 is 9.64 Å². The van der Waals surface area contributed by atoms with Gasteiger partial charge in [-0.2, -0.15) is 0 Å². The minimum absolute atomic E-state index is 0.0806. The van der Waals surface area contributed by atoms with Gasteiger partial charge in [0.1, 0.15) is 18.7 Å². The Morgan fingerprint density at radius 1 is 0.842 bits per heavy atom. The second kappa shape index (κ2) is 10.5. The third-order valence-corrected chi connectivity index (χ3v) is 6.94. The molecule has 2 aliphatic rings. The predicted molar refractivity (Wildman–Crippen MR) is 142 cm³/mol. The summed E-state index contributed by atoms with van der Waals surface area (Å²) in [5.41, 5.74) is 2.28. The van der Waals surface area contributed by atoms with Crippen molar-refractivity contribution in [1.82, 2.24) is 9.80 Å². The summed E-state index contributed by atoms with van der Waals surface area (Å²) in [5, 5.41) is 0. The second-order valence-electron chi connectivity index (χ2n) is 9.76. The summed E-state index contributed by atoms with van der Waals surface area (Å²) >= 11 is 0. The van der Waals surface area contributed by atoms with Gasteiger partial charge in [0, 0.05) is 0 Å². The molecule has 3 atom stereocenters. The molecule has 0 radical (unpaired) electrons. The van der Waals surface area contributed by atoms with E-state index in [4.69, 9.17) is 4.74 Å². The Labute approximate surface area is 221 Å². The predicted octanol–water partition coefficient (Wildman–Crippen LogP) is 4.34. The van der Waals surface area contributed by atoms with Crippen molar-refractivity contribution in [3.8, 4) is 0 Å². The molecular weight excluding hydrogens is 480 g/mol. The van der Waals surface area contributed by atoms with Crippen LogP contribution in [0.5, 0.6) is 0 Å². The van der Waals surface area contributed by atoms with E-state index in [1.54, 1.807) is 30.3 Å². The van der Waals surface area contributed by atoms with Crippen LogP contribution < -0.4 is 0 Å². The van der Waals surface area contributed by atoms with Crippen LogP contribution in [0.3, 0.4) is 0 Å². The van der Waals surface area contributed by atoms with Gasteiger partial charge >= 0.3 is 5.97 Å². The zero-order valence-corrected chi connectivity index (χ0v) is 21.2. The van der Waals surface area contributed by atoms with Gasteiger partial charge in [-0.05, 0) is 29.2 Å². The Bertz CT molecular complexity index is 1370. The molecule has 1 saturated heterocycles. The molecule has 0 unspecified atom stereocenters. The van der Waals surface area contributed by atoms with Gasteiger partial charge in [0.2, 0.25) is 5.91 Å². The van der Waals surface area contributed by atoms with E-state index in [1.165, 1.54) is 4.90 Å². The van der Waals surface area contributed by atoms with Gasteiger partial charge in [-0.3, -0.25) is 19.3 Å². The number of rotatable bonds is 8. The summed E-state index contributed by atoms with van der Waals surface area (Å²) in [6.45, 7) is 3.77. The van der Waals surface area contributed by atoms with Crippen molar-refractivity contribution in [2.75, 3.05) is 0 Å². The van der Waals surface area contributed by atoms with Crippen LogP contribution in [0.1, 0.15) is 45.7 Å². The maximum atomic E-state index is 13.7. The number of fused-ring (bicyclic) bond motifs is 1. The minimum atomic E-state index is -1.05. The maximum absolute atomic E-state index is 13.7. The lowest BCUT2D eigenvalue weighted by Crippen LogP contribution is -2.74. The largest absolute Gasteiger partial charge is 0.459 e. The SMILES string of the molecule is CC(C)[C@@H](C(=O)OCc1ccccc1)N1C(=O)[C@H](N2C(=O)c3ccccc3C2=O)[C@@H]1C=Cc1ccccc1. The summed E-state index contributed by atoms with van der Waals surface area (Å²) < 4.78 is 5.62. The lowest BCUT2D eigenvalue weighted by atomic mass is 9.86. The van der Waals surface area contributed by atoms with Crippen LogP contribution in [-0.2, 0) is 20.9 Å². The van der Waals surface area contributed by atoms with Crippen molar-refractivity contribution in [3.63, 3.8) is 0 Å². The normalized spacial score (nSPS) is 19.6. The van der Waals surface area contributed by atoms with E-state index in [2.05, 4.69) is 0 Å². The highest BCUT2D eigenvalue weighted by Crippen LogP contribution is 2.36. The quantitative estimate of drug-likeness (QED) is 0.257. The van der Waals surface area contributed by atoms with Crippen molar-refractivity contribution in [2.24, 2.45) is 5.92 Å². The van der Waals surface area contributed by atoms with Crippen molar-refractivity contribution in [2.45, 2.75) is 38.6 Å². The van der Waals surface area contributed by atoms with Crippen LogP contribution in [0.25, 0.3) is 6.08 Å². The molecule has 1 fully saturated rings. The van der Waals surface area contributed by atoms with E-state index in [-0.39, 0.29) is 23.7 Å². The molecular formula is C31H28N2O5. The van der Waals surface area contributed by atoms with Crippen molar-refractivity contribution < 1.29 is 23.9 Å². The number of nitrogens with zero attached hydrogens (tertiary/aromatic N) is 2. The molecule has 38 heavy (non-hydrogen) atoms. The molecule has 5 rings (SSSR count). The highest BCUT2D eigenvalue weighted by Gasteiger charge is 2.58. The third kappa shape index (κ3) is 4.52. The fourth-order valence-electron chi connectivity index (χ4n) is 5.05. The number of hydrogen-bond acceptors (Lipinski definition) is 5. The molecule has 192 valence electrons. The molecule has 0 aromatic heterocycles. The second-order valence-corrected chi connectivity index (χ2v) is 9.76. The van der Waals surface area contributed by atoms with Crippen molar-refractivity contribution >= 4 is 29.8 Å². The highest BCUT2D eigenvalue weighted by molar-refractivity contribution is 6.23. The molecule has 3 amide bonds. The number of ether oxygens (including phenoxy) is 1. The first kappa shape index (κ1) is 25.1. The number of benzene rings is 3. The van der Waals surface area contributed by atoms with Gasteiger partial charge in [0.15, 0.2) is 0 Å². The summed E-state index contributed by atoms with van der Waals surface area (Å²) in [6.07, 6.45) is 3.62. The van der Waals surface area contributed by atoms with E-state index < -0.39 is 41.8 Å². The van der Waals surface area contributed by atoms with Gasteiger partial charge in [-0.15, -0.1) is 0 Å². The third-order valence-electron chi connectivity index (χ3n) is 6.94. The average molecular weight is 509 g/mol. The molecule has 7 heteroatoms. The van der Waals surface area contributed by atoms with Crippen LogP contribution in [0.2, 0.25) is 0 Å². The molecule has 0 N–H and O–H groups in total. The first-order chi connectivity index (χ1) is 18.4. The fourth-order valence-corrected chi connectivity index (χ4v) is 5.05. The number of hydrogen-bond donors (Lipinski definition) is 0. The number of imide groups is 1. The van der Waals surface area contributed by atoms with Crippen LogP contribution in [0.15, 0.2) is 91.0 Å². The van der Waals surface area contributed by atoms with E-state index in [0.717, 1.165) is 16.0 Å². The summed E-state index contributed by atoms with van der Waals surface area (Å²) in [7, 11) is 0. The first-order valence-corrected chi connectivity index (χ1v) is 12.6. The molecule has 2 heterocycles. The number of likely N-dealkylation sites (tertiary alicyclic amines) is 1. The Morgan fingerprint density at radius 2 is 1.39 bits per heavy atom. The number of β-lactam (4-membered cyclic amide) rings is 1. The lowest BCUT2D eigenvalue weighted by Gasteiger charge is -2.51. The standard InChI is InChI=1S/C31H28N2O5/c1-20(2)26(31(37)38-19-22-13-7-4-8-14-22)32-25(18-17-21-11-5-3-6-12-21)27(30(32)36)33-28(34)23-15-9-10-16-24(23)29(33)35/h3-18,20,25-27H,19H2,1-2H3/t25-,26-,27+/m0/s1. The summed E-state index contributed by atoms with van der Waals surface area (Å²) in [4.78, 5) is 55.9. The van der Waals surface area contributed by atoms with Crippen LogP contribution in [0.4, 0.5) is 0 Å². The monoisotopic (exact) mass is 508 g/mol. The topological polar surface area (TPSA) is 84.0 Å². The Balaban J connectivity index is 1.45. The van der Waals surface area contributed by atoms with Crippen molar-refractivity contribution in [1.29, 1.82) is 0 Å². The fraction of sp³-hybridized carbons (Fsp3) is 0.226. The molecule has 0 bridgehead atoms. The van der Waals surface area contributed by atoms with E-state index >= 15 is 0 Å². The van der Waals surface area contributed by atoms with E-state index in [9.17, 15) is 19.2 Å². The molecule has 7 nitrogen and oxygen atoms in total. The molecule has 0 spiro atoms. The molecule has 0 aliphatic carbocycles. The summed E-state index contributed by atoms with van der Waals surface area (Å²) in [5.74, 6) is -2.27. The number of amides is 3. The number of esters is 1. The Kier molecular flexibility index (Phi) is 6.92. The smallest absolute Gasteiger partial charge is 0.329 e. The lowest BCUT2D eigenvalue weighted by molar-refractivity contribution is -0.172. The molecule has 0 saturated carbocycles. The van der Waals surface area contributed by atoms with Crippen LogP contribution >= 0.6 is 0 Å². The minimum Gasteiger partial charge on any atom is -0.459 e. The zero-order chi connectivity index (χ0) is 26.8. The number of carbonyl (C=O) groups excluding carboxylic acids is 4. The molecule has 3 aromatic carbocycles. The van der Waals surface area contributed by atoms with Gasteiger partial charge in [-0.25, -0.2) is 4.79 Å². The zero-order valence-electron chi connectivity index (χ0n) is 21.2. The molecule has 2 aliphatic heterocycles. The van der Waals surface area contributed by atoms with Crippen molar-refractivity contribution in [3.05, 3.63) is 113 Å². The van der Waals surface area contributed by atoms with Crippen LogP contribution in [-0.4, -0.2) is 51.6 Å². The van der Waals surface area contributed by atoms with Gasteiger partial charge in [0.05, 0.1) is 17.2 Å². The van der Waals surface area contributed by atoms with Crippen LogP contribution in [0, 0.1) is 5.92 Å². The molecule has 3 aromatic rings. The average Bonchev–Trinajstić information content (AvgIpc) is 3.18. The first-order valence-electron chi connectivity index (χ1n) is 12.6. The number of carbonyl (C=O) groups is 4. The Morgan fingerprint density at radius 3 is 1.97 bits per heavy atom. The maximum Gasteiger partial charge on any atom is 0.329 e. The van der Waals surface area contributed by atoms with E-state index in [1.807, 2.05) is 80.6 Å². The summed E-state index contributed by atoms with van der Waals surface area (Å²) in [6, 6.07) is 22.7. The Hall–Kier alpha value is -4.52. The highest BCUT2D eigenvalue weighted by atomic mass is 16.5. The van der Waals surface area contributed by atoms with Gasteiger partial charge in [-0.1, -0.05) is 98.8 Å². The van der Waals surface area contributed by atoms with Gasteiger partial charge in [0.25, 0.3) is 11.8 Å².